The van der Waals surface area contributed by atoms with Gasteiger partial charge in [-0.25, -0.2) is 8.42 Å². The number of rotatable bonds is 7. The topological polar surface area (TPSA) is 37.4 Å². The molecule has 0 N–H and O–H groups in total. The highest BCUT2D eigenvalue weighted by Crippen LogP contribution is 2.35. The molecule has 0 spiro atoms. The molecular weight excluding hydrogens is 426 g/mol. The average Bonchev–Trinajstić information content (AvgIpc) is 2.65. The van der Waals surface area contributed by atoms with Gasteiger partial charge in [0.25, 0.3) is 10.0 Å². The Morgan fingerprint density at radius 3 is 2.56 bits per heavy atom. The first-order valence-corrected chi connectivity index (χ1v) is 9.99. The van der Waals surface area contributed by atoms with Crippen molar-refractivity contribution in [2.24, 2.45) is 0 Å². The Balaban J connectivity index is 3.00. The fourth-order valence-corrected chi connectivity index (χ4v) is 6.06. The zero-order chi connectivity index (χ0) is 13.8. The van der Waals surface area contributed by atoms with Crippen LogP contribution in [0.15, 0.2) is 14.1 Å². The van der Waals surface area contributed by atoms with Gasteiger partial charge in [0.2, 0.25) is 0 Å². The SMILES string of the molecule is CCCCN(CCBr)S(=O)(=O)c1cc(Cl)c(Br)s1. The van der Waals surface area contributed by atoms with E-state index in [1.54, 1.807) is 0 Å². The molecule has 0 unspecified atom stereocenters. The smallest absolute Gasteiger partial charge is 0.206 e. The Labute approximate surface area is 134 Å². The van der Waals surface area contributed by atoms with Gasteiger partial charge in [0.15, 0.2) is 0 Å². The Morgan fingerprint density at radius 1 is 1.44 bits per heavy atom. The summed E-state index contributed by atoms with van der Waals surface area (Å²) in [7, 11) is -3.43. The number of hydrogen-bond donors (Lipinski definition) is 0. The first-order chi connectivity index (χ1) is 8.43. The minimum Gasteiger partial charge on any atom is -0.206 e. The summed E-state index contributed by atoms with van der Waals surface area (Å²) in [5.74, 6) is 0. The van der Waals surface area contributed by atoms with Gasteiger partial charge >= 0.3 is 0 Å². The van der Waals surface area contributed by atoms with Gasteiger partial charge in [0, 0.05) is 18.4 Å². The van der Waals surface area contributed by atoms with E-state index in [1.165, 1.54) is 10.4 Å². The fraction of sp³-hybridized carbons (Fsp3) is 0.600. The summed E-state index contributed by atoms with van der Waals surface area (Å²) in [4.78, 5) is 0. The van der Waals surface area contributed by atoms with Gasteiger partial charge in [0.05, 0.1) is 8.81 Å². The summed E-state index contributed by atoms with van der Waals surface area (Å²) in [6.07, 6.45) is 1.82. The van der Waals surface area contributed by atoms with Crippen molar-refractivity contribution in [3.05, 3.63) is 14.9 Å². The Morgan fingerprint density at radius 2 is 2.11 bits per heavy atom. The molecule has 0 aromatic carbocycles. The predicted octanol–water partition coefficient (Wildman–Crippen LogP) is 4.35. The summed E-state index contributed by atoms with van der Waals surface area (Å²) in [6, 6.07) is 1.50. The third-order valence-corrected chi connectivity index (χ3v) is 7.49. The van der Waals surface area contributed by atoms with Crippen molar-refractivity contribution in [3.8, 4) is 0 Å². The maximum Gasteiger partial charge on any atom is 0.252 e. The van der Waals surface area contributed by atoms with Crippen LogP contribution in [0.5, 0.6) is 0 Å². The van der Waals surface area contributed by atoms with Crippen LogP contribution in [-0.2, 0) is 10.0 Å². The highest BCUT2D eigenvalue weighted by atomic mass is 79.9. The van der Waals surface area contributed by atoms with E-state index in [-0.39, 0.29) is 4.21 Å². The first kappa shape index (κ1) is 16.9. The second-order valence-corrected chi connectivity index (χ2v) is 9.37. The summed E-state index contributed by atoms with van der Waals surface area (Å²) in [6.45, 7) is 3.05. The molecule has 1 heterocycles. The molecule has 18 heavy (non-hydrogen) atoms. The lowest BCUT2D eigenvalue weighted by atomic mass is 10.3. The number of halogens is 3. The second-order valence-electron chi connectivity index (χ2n) is 3.63. The molecule has 0 saturated carbocycles. The van der Waals surface area contributed by atoms with Crippen molar-refractivity contribution in [1.29, 1.82) is 0 Å². The lowest BCUT2D eigenvalue weighted by Gasteiger charge is -2.19. The quantitative estimate of drug-likeness (QED) is 0.593. The van der Waals surface area contributed by atoms with E-state index in [0.29, 0.717) is 27.2 Å². The number of unbranched alkanes of at least 4 members (excludes halogenated alkanes) is 1. The van der Waals surface area contributed by atoms with Crippen LogP contribution >= 0.6 is 54.8 Å². The number of nitrogens with zero attached hydrogens (tertiary/aromatic N) is 1. The van der Waals surface area contributed by atoms with Crippen molar-refractivity contribution in [2.75, 3.05) is 18.4 Å². The van der Waals surface area contributed by atoms with Crippen molar-refractivity contribution in [3.63, 3.8) is 0 Å². The molecule has 1 rings (SSSR count). The lowest BCUT2D eigenvalue weighted by molar-refractivity contribution is 0.423. The maximum atomic E-state index is 12.4. The largest absolute Gasteiger partial charge is 0.252 e. The molecule has 0 aliphatic rings. The Kier molecular flexibility index (Phi) is 7.13. The van der Waals surface area contributed by atoms with Crippen LogP contribution in [0.4, 0.5) is 0 Å². The molecular formula is C10H14Br2ClNO2S2. The molecule has 0 aliphatic heterocycles. The van der Waals surface area contributed by atoms with Gasteiger partial charge in [-0.05, 0) is 28.4 Å². The highest BCUT2D eigenvalue weighted by molar-refractivity contribution is 9.11. The summed E-state index contributed by atoms with van der Waals surface area (Å²) >= 11 is 13.6. The Hall–Kier alpha value is 0.860. The second kappa shape index (κ2) is 7.59. The molecule has 0 saturated heterocycles. The van der Waals surface area contributed by atoms with E-state index in [4.69, 9.17) is 11.6 Å². The van der Waals surface area contributed by atoms with Crippen molar-refractivity contribution in [2.45, 2.75) is 24.0 Å². The number of thiophene rings is 1. The molecule has 1 aromatic rings. The molecule has 0 radical (unpaired) electrons. The number of alkyl halides is 1. The van der Waals surface area contributed by atoms with E-state index in [1.807, 2.05) is 6.92 Å². The minimum absolute atomic E-state index is 0.288. The fourth-order valence-electron chi connectivity index (χ4n) is 1.36. The highest BCUT2D eigenvalue weighted by Gasteiger charge is 2.26. The zero-order valence-electron chi connectivity index (χ0n) is 9.83. The summed E-state index contributed by atoms with van der Waals surface area (Å²) in [5.41, 5.74) is 0. The van der Waals surface area contributed by atoms with Crippen LogP contribution < -0.4 is 0 Å². The zero-order valence-corrected chi connectivity index (χ0v) is 15.4. The molecule has 0 bridgehead atoms. The van der Waals surface area contributed by atoms with Crippen LogP contribution in [0.3, 0.4) is 0 Å². The van der Waals surface area contributed by atoms with Gasteiger partial charge in [-0.2, -0.15) is 4.31 Å². The molecule has 0 atom stereocenters. The number of sulfonamides is 1. The maximum absolute atomic E-state index is 12.4. The van der Waals surface area contributed by atoms with Crippen LogP contribution in [-0.4, -0.2) is 31.1 Å². The summed E-state index contributed by atoms with van der Waals surface area (Å²) < 4.78 is 27.3. The van der Waals surface area contributed by atoms with E-state index in [9.17, 15) is 8.42 Å². The van der Waals surface area contributed by atoms with E-state index in [2.05, 4.69) is 31.9 Å². The van der Waals surface area contributed by atoms with Crippen LogP contribution in [0.1, 0.15) is 19.8 Å². The Bertz CT molecular complexity index is 471. The van der Waals surface area contributed by atoms with Crippen LogP contribution in [0, 0.1) is 0 Å². The molecule has 0 aliphatic carbocycles. The normalized spacial score (nSPS) is 12.3. The van der Waals surface area contributed by atoms with Crippen molar-refractivity contribution < 1.29 is 8.42 Å². The van der Waals surface area contributed by atoms with Gasteiger partial charge in [-0.3, -0.25) is 0 Å². The molecule has 8 heteroatoms. The molecule has 104 valence electrons. The average molecular weight is 440 g/mol. The van der Waals surface area contributed by atoms with Crippen molar-refractivity contribution in [1.82, 2.24) is 4.31 Å². The molecule has 1 aromatic heterocycles. The minimum atomic E-state index is -3.43. The van der Waals surface area contributed by atoms with Crippen molar-refractivity contribution >= 4 is 64.8 Å². The molecule has 0 fully saturated rings. The monoisotopic (exact) mass is 437 g/mol. The van der Waals surface area contributed by atoms with Gasteiger partial charge in [-0.15, -0.1) is 11.3 Å². The van der Waals surface area contributed by atoms with Crippen LogP contribution in [0.25, 0.3) is 0 Å². The summed E-state index contributed by atoms with van der Waals surface area (Å²) in [5, 5.41) is 1.06. The first-order valence-electron chi connectivity index (χ1n) is 5.44. The number of hydrogen-bond acceptors (Lipinski definition) is 3. The van der Waals surface area contributed by atoms with Gasteiger partial charge in [0.1, 0.15) is 4.21 Å². The third kappa shape index (κ3) is 4.18. The third-order valence-electron chi connectivity index (χ3n) is 2.31. The standard InChI is InChI=1S/C10H14Br2ClNO2S2/c1-2-3-5-14(6-4-11)18(15,16)9-7-8(13)10(12)17-9/h7H,2-6H2,1H3. The van der Waals surface area contributed by atoms with E-state index in [0.717, 1.165) is 24.2 Å². The lowest BCUT2D eigenvalue weighted by Crippen LogP contribution is -2.33. The molecule has 0 amide bonds. The van der Waals surface area contributed by atoms with E-state index < -0.39 is 10.0 Å². The van der Waals surface area contributed by atoms with Crippen LogP contribution in [0.2, 0.25) is 5.02 Å². The van der Waals surface area contributed by atoms with E-state index >= 15 is 0 Å². The molecule has 3 nitrogen and oxygen atoms in total. The predicted molar refractivity (Wildman–Crippen MR) is 84.5 cm³/mol. The van der Waals surface area contributed by atoms with Gasteiger partial charge in [-0.1, -0.05) is 40.9 Å². The van der Waals surface area contributed by atoms with Gasteiger partial charge < -0.3 is 0 Å².